The molecule has 0 radical (unpaired) electrons. The van der Waals surface area contributed by atoms with Gasteiger partial charge in [0.1, 0.15) is 0 Å². The summed E-state index contributed by atoms with van der Waals surface area (Å²) in [4.78, 5) is 0. The van der Waals surface area contributed by atoms with Crippen LogP contribution in [-0.2, 0) is 5.41 Å². The van der Waals surface area contributed by atoms with Crippen LogP contribution in [-0.4, -0.2) is 0 Å². The molecule has 0 saturated heterocycles. The van der Waals surface area contributed by atoms with Crippen LogP contribution in [0.3, 0.4) is 0 Å². The third kappa shape index (κ3) is 4.74. The van der Waals surface area contributed by atoms with Crippen LogP contribution < -0.4 is 0 Å². The van der Waals surface area contributed by atoms with Crippen LogP contribution >= 0.6 is 0 Å². The number of fused-ring (bicyclic) bond motifs is 10. The molecular weight excluding hydrogens is 685 g/mol. The largest absolute Gasteiger partial charge is 0.0616 e. The van der Waals surface area contributed by atoms with Crippen LogP contribution in [0.25, 0.3) is 109 Å². The van der Waals surface area contributed by atoms with Crippen LogP contribution in [0.4, 0.5) is 0 Å². The predicted molar refractivity (Wildman–Crippen MR) is 245 cm³/mol. The number of benzene rings is 11. The fourth-order valence-corrected chi connectivity index (χ4v) is 10.2. The van der Waals surface area contributed by atoms with E-state index < -0.39 is 0 Å². The maximum atomic E-state index is 2.55. The van der Waals surface area contributed by atoms with Crippen molar-refractivity contribution in [2.45, 2.75) is 19.3 Å². The van der Waals surface area contributed by atoms with Gasteiger partial charge in [-0.15, -0.1) is 0 Å². The van der Waals surface area contributed by atoms with Crippen molar-refractivity contribution in [2.24, 2.45) is 0 Å². The van der Waals surface area contributed by atoms with Crippen LogP contribution in [0.2, 0.25) is 0 Å². The van der Waals surface area contributed by atoms with E-state index in [9.17, 15) is 0 Å². The molecule has 11 aromatic carbocycles. The first-order valence-corrected chi connectivity index (χ1v) is 20.1. The molecule has 0 aromatic heterocycles. The smallest absolute Gasteiger partial charge is 0.0159 e. The molecule has 0 heteroatoms. The van der Waals surface area contributed by atoms with Crippen molar-refractivity contribution in [3.8, 4) is 44.5 Å². The van der Waals surface area contributed by atoms with Gasteiger partial charge in [0.05, 0.1) is 0 Å². The molecule has 57 heavy (non-hydrogen) atoms. The highest BCUT2D eigenvalue weighted by molar-refractivity contribution is 6.23. The molecule has 0 saturated carbocycles. The summed E-state index contributed by atoms with van der Waals surface area (Å²) < 4.78 is 0. The molecule has 266 valence electrons. The van der Waals surface area contributed by atoms with Gasteiger partial charge in [-0.1, -0.05) is 172 Å². The molecule has 1 aliphatic rings. The molecule has 0 heterocycles. The maximum Gasteiger partial charge on any atom is 0.0159 e. The van der Waals surface area contributed by atoms with Crippen molar-refractivity contribution in [1.82, 2.24) is 0 Å². The molecule has 11 aromatic rings. The van der Waals surface area contributed by atoms with Crippen molar-refractivity contribution in [3.63, 3.8) is 0 Å². The number of hydrogen-bond donors (Lipinski definition) is 0. The van der Waals surface area contributed by atoms with Crippen LogP contribution in [0, 0.1) is 0 Å². The first-order chi connectivity index (χ1) is 28.0. The summed E-state index contributed by atoms with van der Waals surface area (Å²) in [6.07, 6.45) is 0. The van der Waals surface area contributed by atoms with Gasteiger partial charge in [0.2, 0.25) is 0 Å². The Morgan fingerprint density at radius 2 is 0.737 bits per heavy atom. The minimum atomic E-state index is -0.211. The van der Waals surface area contributed by atoms with Crippen LogP contribution in [0.1, 0.15) is 25.0 Å². The molecule has 1 aliphatic carbocycles. The molecule has 0 bridgehead atoms. The monoisotopic (exact) mass is 722 g/mol. The molecule has 0 nitrogen and oxygen atoms in total. The Morgan fingerprint density at radius 1 is 0.263 bits per heavy atom. The average Bonchev–Trinajstić information content (AvgIpc) is 3.48. The van der Waals surface area contributed by atoms with Gasteiger partial charge < -0.3 is 0 Å². The summed E-state index contributed by atoms with van der Waals surface area (Å²) in [6, 6.07) is 72.9. The summed E-state index contributed by atoms with van der Waals surface area (Å²) >= 11 is 0. The summed E-state index contributed by atoms with van der Waals surface area (Å²) in [5.74, 6) is 0. The Morgan fingerprint density at radius 3 is 1.37 bits per heavy atom. The van der Waals surface area contributed by atoms with Crippen molar-refractivity contribution in [3.05, 3.63) is 205 Å². The highest BCUT2D eigenvalue weighted by Gasteiger charge is 2.37. The maximum absolute atomic E-state index is 2.55. The zero-order chi connectivity index (χ0) is 37.8. The zero-order valence-electron chi connectivity index (χ0n) is 32.0. The zero-order valence-corrected chi connectivity index (χ0v) is 32.0. The highest BCUT2D eigenvalue weighted by Crippen LogP contribution is 2.54. The van der Waals surface area contributed by atoms with E-state index in [1.165, 1.54) is 120 Å². The Balaban J connectivity index is 1.15. The molecule has 0 N–H and O–H groups in total. The summed E-state index contributed by atoms with van der Waals surface area (Å²) in [6.45, 7) is 4.85. The molecule has 0 unspecified atom stereocenters. The minimum absolute atomic E-state index is 0.211. The van der Waals surface area contributed by atoms with E-state index in [4.69, 9.17) is 0 Å². The minimum Gasteiger partial charge on any atom is -0.0616 e. The van der Waals surface area contributed by atoms with Gasteiger partial charge in [0, 0.05) is 5.41 Å². The lowest BCUT2D eigenvalue weighted by Crippen LogP contribution is -2.15. The first-order valence-electron chi connectivity index (χ1n) is 20.1. The van der Waals surface area contributed by atoms with E-state index in [1.54, 1.807) is 0 Å². The topological polar surface area (TPSA) is 0 Å². The first kappa shape index (κ1) is 32.2. The van der Waals surface area contributed by atoms with Crippen molar-refractivity contribution >= 4 is 64.6 Å². The van der Waals surface area contributed by atoms with E-state index in [2.05, 4.69) is 208 Å². The summed E-state index contributed by atoms with van der Waals surface area (Å²) in [5.41, 5.74) is 12.9. The fourth-order valence-electron chi connectivity index (χ4n) is 10.2. The third-order valence-electron chi connectivity index (χ3n) is 13.0. The molecule has 0 aliphatic heterocycles. The molecule has 0 spiro atoms. The lowest BCUT2D eigenvalue weighted by Gasteiger charge is -2.24. The van der Waals surface area contributed by atoms with E-state index in [0.29, 0.717) is 0 Å². The molecule has 0 atom stereocenters. The van der Waals surface area contributed by atoms with Crippen molar-refractivity contribution in [2.75, 3.05) is 0 Å². The predicted octanol–water partition coefficient (Wildman–Crippen LogP) is 15.9. The molecule has 0 amide bonds. The van der Waals surface area contributed by atoms with Gasteiger partial charge in [-0.2, -0.15) is 0 Å². The van der Waals surface area contributed by atoms with E-state index in [1.807, 2.05) is 0 Å². The third-order valence-corrected chi connectivity index (χ3v) is 13.0. The van der Waals surface area contributed by atoms with Gasteiger partial charge in [0.15, 0.2) is 0 Å². The second-order valence-electron chi connectivity index (χ2n) is 16.4. The highest BCUT2D eigenvalue weighted by atomic mass is 14.4. The van der Waals surface area contributed by atoms with Gasteiger partial charge in [-0.3, -0.25) is 0 Å². The number of hydrogen-bond acceptors (Lipinski definition) is 0. The van der Waals surface area contributed by atoms with E-state index in [-0.39, 0.29) is 5.41 Å². The number of rotatable bonds is 3. The second kappa shape index (κ2) is 12.0. The quantitative estimate of drug-likeness (QED) is 0.126. The van der Waals surface area contributed by atoms with Crippen molar-refractivity contribution < 1.29 is 0 Å². The lowest BCUT2D eigenvalue weighted by molar-refractivity contribution is 0.661. The second-order valence-corrected chi connectivity index (χ2v) is 16.4. The Kier molecular flexibility index (Phi) is 6.78. The van der Waals surface area contributed by atoms with Crippen LogP contribution in [0.15, 0.2) is 194 Å². The lowest BCUT2D eigenvalue weighted by atomic mass is 9.79. The SMILES string of the molecule is CC1(C)c2cc(-c3cc4ccccc4c4ccccc34)ccc2-c2cc3c(-c4ccc5ccccc5c4)c4ccccc4c(-c4ccc5ccccc5c4)c3cc21. The average molecular weight is 723 g/mol. The fraction of sp³-hybridized carbons (Fsp3) is 0.0526. The Hall–Kier alpha value is -7.02. The van der Waals surface area contributed by atoms with Gasteiger partial charge in [-0.05, 0) is 157 Å². The molecule has 12 rings (SSSR count). The molecule has 0 fully saturated rings. The van der Waals surface area contributed by atoms with Gasteiger partial charge in [0.25, 0.3) is 0 Å². The molecular formula is C57H38. The van der Waals surface area contributed by atoms with Crippen LogP contribution in [0.5, 0.6) is 0 Å². The van der Waals surface area contributed by atoms with E-state index in [0.717, 1.165) is 0 Å². The summed E-state index contributed by atoms with van der Waals surface area (Å²) in [7, 11) is 0. The summed E-state index contributed by atoms with van der Waals surface area (Å²) in [5, 5.41) is 15.3. The normalized spacial score (nSPS) is 13.2. The van der Waals surface area contributed by atoms with Crippen molar-refractivity contribution in [1.29, 1.82) is 0 Å². The Bertz CT molecular complexity index is 3490. The standard InChI is InChI=1S/C57H38/c1-57(2)53-32-40(49-31-39-17-7-8-18-43(39)44-19-9-10-20-45(44)49)27-28-46(53)50-33-51-52(34-54(50)57)56(42-26-24-36-14-4-6-16-38(36)30-42)48-22-12-11-21-47(48)55(51)41-25-23-35-13-3-5-15-37(35)29-41/h3-34H,1-2H3. The van der Waals surface area contributed by atoms with E-state index >= 15 is 0 Å². The van der Waals surface area contributed by atoms with Gasteiger partial charge >= 0.3 is 0 Å². The Labute approximate surface area is 332 Å². The van der Waals surface area contributed by atoms with Gasteiger partial charge in [-0.25, -0.2) is 0 Å².